The molecule has 0 spiro atoms. The zero-order valence-corrected chi connectivity index (χ0v) is 27.1. The van der Waals surface area contributed by atoms with Gasteiger partial charge in [-0.15, -0.1) is 0 Å². The highest BCUT2D eigenvalue weighted by Crippen LogP contribution is 2.41. The first-order chi connectivity index (χ1) is 22.0. The van der Waals surface area contributed by atoms with E-state index in [0.717, 1.165) is 49.3 Å². The van der Waals surface area contributed by atoms with Crippen LogP contribution in [0.25, 0.3) is 21.8 Å². The number of rotatable bonds is 10. The van der Waals surface area contributed by atoms with Crippen molar-refractivity contribution in [3.05, 3.63) is 78.1 Å². The maximum atomic E-state index is 14.0. The smallest absolute Gasteiger partial charge is 0.408 e. The highest BCUT2D eigenvalue weighted by atomic mass is 32.2. The van der Waals surface area contributed by atoms with E-state index in [0.29, 0.717) is 40.4 Å². The predicted octanol–water partition coefficient (Wildman–Crippen LogP) is 5.35. The van der Waals surface area contributed by atoms with E-state index in [1.54, 1.807) is 25.1 Å². The molecule has 0 aliphatic heterocycles. The second-order valence-electron chi connectivity index (χ2n) is 13.2. The van der Waals surface area contributed by atoms with E-state index in [-0.39, 0.29) is 26.6 Å². The molecule has 2 heterocycles. The molecule has 2 aliphatic rings. The fourth-order valence-electron chi connectivity index (χ4n) is 7.39. The average Bonchev–Trinajstić information content (AvgIpc) is 3.37. The van der Waals surface area contributed by atoms with E-state index in [2.05, 4.69) is 15.6 Å². The van der Waals surface area contributed by atoms with Crippen molar-refractivity contribution in [3.63, 3.8) is 0 Å². The minimum absolute atomic E-state index is 0. The first kappa shape index (κ1) is 34.4. The van der Waals surface area contributed by atoms with Crippen molar-refractivity contribution in [2.75, 3.05) is 12.9 Å². The van der Waals surface area contributed by atoms with Gasteiger partial charge >= 0.3 is 6.09 Å². The Hall–Kier alpha value is -3.96. The monoisotopic (exact) mass is 662 g/mol. The number of carbonyl (C=O) groups excluding carboxylic acids is 2. The predicted molar refractivity (Wildman–Crippen MR) is 184 cm³/mol. The molecular weight excluding hydrogens is 616 g/mol. The highest BCUT2D eigenvalue weighted by molar-refractivity contribution is 7.89. The quantitative estimate of drug-likeness (QED) is 0.208. The van der Waals surface area contributed by atoms with Gasteiger partial charge in [-0.2, -0.15) is 0 Å². The molecule has 0 saturated heterocycles. The summed E-state index contributed by atoms with van der Waals surface area (Å²) in [6.45, 7) is 1.34. The summed E-state index contributed by atoms with van der Waals surface area (Å²) < 4.78 is 32.7. The summed E-state index contributed by atoms with van der Waals surface area (Å²) in [4.78, 5) is 32.1. The van der Waals surface area contributed by atoms with Gasteiger partial charge in [0.15, 0.2) is 0 Å². The standard InChI is InChI=1S/C35H42N4O6S.CH4/c1-35(33(41)37-27(22-40)18-23-9-4-3-5-10-23,38-34(42)45-32-16-15-24-11-8-12-25(32)17-24)20-26-19-29-28-13-6-7-14-30(28)39(46(2,43)44)31(29)21-36-26;/h3-7,9-10,13-14,19,21,24-25,27,32,40H,8,11-12,15-18,20,22H2,1-2H3,(H,37,41)(H,38,42);1H4. The number of alkyl carbamates (subject to hydrolysis) is 1. The van der Waals surface area contributed by atoms with Crippen LogP contribution in [0.15, 0.2) is 66.9 Å². The van der Waals surface area contributed by atoms with Crippen molar-refractivity contribution in [1.82, 2.24) is 19.6 Å². The lowest BCUT2D eigenvalue weighted by Crippen LogP contribution is -2.61. The summed E-state index contributed by atoms with van der Waals surface area (Å²) in [6.07, 6.45) is 8.54. The number of aromatic nitrogens is 2. The van der Waals surface area contributed by atoms with Crippen LogP contribution in [0.3, 0.4) is 0 Å². The lowest BCUT2D eigenvalue weighted by atomic mass is 9.71. The molecule has 2 aliphatic carbocycles. The van der Waals surface area contributed by atoms with Crippen LogP contribution in [-0.4, -0.2) is 65.0 Å². The third kappa shape index (κ3) is 7.46. The van der Waals surface area contributed by atoms with Gasteiger partial charge in [-0.3, -0.25) is 9.78 Å². The molecular formula is C36H46N4O6S. The number of carbonyl (C=O) groups is 2. The Bertz CT molecular complexity index is 1840. The van der Waals surface area contributed by atoms with Crippen LogP contribution >= 0.6 is 0 Å². The van der Waals surface area contributed by atoms with E-state index in [4.69, 9.17) is 4.74 Å². The summed E-state index contributed by atoms with van der Waals surface area (Å²) in [5.74, 6) is 0.549. The largest absolute Gasteiger partial charge is 0.446 e. The third-order valence-electron chi connectivity index (χ3n) is 9.66. The van der Waals surface area contributed by atoms with Crippen molar-refractivity contribution in [2.24, 2.45) is 11.8 Å². The highest BCUT2D eigenvalue weighted by Gasteiger charge is 2.40. The molecule has 2 aromatic heterocycles. The summed E-state index contributed by atoms with van der Waals surface area (Å²) in [5.41, 5.74) is 0.898. The van der Waals surface area contributed by atoms with Gasteiger partial charge in [0.25, 0.3) is 0 Å². The van der Waals surface area contributed by atoms with Crippen LogP contribution in [0.5, 0.6) is 0 Å². The van der Waals surface area contributed by atoms with Crippen molar-refractivity contribution < 1.29 is 27.9 Å². The molecule has 4 aromatic rings. The second-order valence-corrected chi connectivity index (χ2v) is 15.1. The molecule has 6 rings (SSSR count). The normalized spacial score (nSPS) is 21.3. The van der Waals surface area contributed by atoms with Gasteiger partial charge in [-0.05, 0) is 68.6 Å². The number of hydrogen-bond donors (Lipinski definition) is 3. The maximum Gasteiger partial charge on any atom is 0.408 e. The number of hydrogen-bond acceptors (Lipinski definition) is 7. The maximum absolute atomic E-state index is 14.0. The minimum atomic E-state index is -3.64. The Morgan fingerprint density at radius 3 is 2.53 bits per heavy atom. The Kier molecular flexibility index (Phi) is 10.3. The molecule has 2 amide bonds. The molecule has 11 heteroatoms. The molecule has 252 valence electrons. The van der Waals surface area contributed by atoms with E-state index >= 15 is 0 Å². The van der Waals surface area contributed by atoms with E-state index in [1.807, 2.05) is 42.5 Å². The molecule has 10 nitrogen and oxygen atoms in total. The van der Waals surface area contributed by atoms with Gasteiger partial charge in [0.05, 0.1) is 36.1 Å². The molecule has 2 fully saturated rings. The Labute approximate surface area is 277 Å². The summed E-state index contributed by atoms with van der Waals surface area (Å²) >= 11 is 0. The molecule has 47 heavy (non-hydrogen) atoms. The number of nitrogens with zero attached hydrogens (tertiary/aromatic N) is 2. The number of aliphatic hydroxyl groups is 1. The van der Waals surface area contributed by atoms with Gasteiger partial charge in [-0.25, -0.2) is 17.2 Å². The molecule has 3 N–H and O–H groups in total. The lowest BCUT2D eigenvalue weighted by Gasteiger charge is -2.40. The first-order valence-corrected chi connectivity index (χ1v) is 17.9. The van der Waals surface area contributed by atoms with Crippen LogP contribution in [-0.2, 0) is 32.4 Å². The van der Waals surface area contributed by atoms with Gasteiger partial charge < -0.3 is 20.5 Å². The Morgan fingerprint density at radius 2 is 1.79 bits per heavy atom. The second kappa shape index (κ2) is 14.0. The number of para-hydroxylation sites is 1. The Morgan fingerprint density at radius 1 is 1.04 bits per heavy atom. The van der Waals surface area contributed by atoms with Crippen LogP contribution in [0, 0.1) is 11.8 Å². The SMILES string of the molecule is C.CC(Cc1cc2c3ccccc3n(S(C)(=O)=O)c2cn1)(NC(=O)OC1CCC2CCCC1C2)C(=O)NC(CO)Cc1ccccc1. The number of aliphatic hydroxyl groups excluding tert-OH is 1. The van der Waals surface area contributed by atoms with Gasteiger partial charge in [0.2, 0.25) is 15.9 Å². The van der Waals surface area contributed by atoms with Gasteiger partial charge in [0.1, 0.15) is 11.6 Å². The van der Waals surface area contributed by atoms with E-state index in [1.165, 1.54) is 16.6 Å². The third-order valence-corrected chi connectivity index (χ3v) is 10.7. The van der Waals surface area contributed by atoms with Crippen LogP contribution in [0.4, 0.5) is 4.79 Å². The zero-order valence-electron chi connectivity index (χ0n) is 26.3. The summed E-state index contributed by atoms with van der Waals surface area (Å²) in [6, 6.07) is 17.9. The molecule has 2 aromatic carbocycles. The van der Waals surface area contributed by atoms with Crippen molar-refractivity contribution >= 4 is 43.8 Å². The first-order valence-electron chi connectivity index (χ1n) is 16.1. The topological polar surface area (TPSA) is 140 Å². The fraction of sp³-hybridized carbons (Fsp3) is 0.472. The molecule has 0 radical (unpaired) electrons. The number of benzene rings is 2. The number of fused-ring (bicyclic) bond motifs is 5. The Balaban J connectivity index is 0.00000433. The summed E-state index contributed by atoms with van der Waals surface area (Å²) in [7, 11) is -3.64. The van der Waals surface area contributed by atoms with Crippen LogP contribution in [0.1, 0.15) is 64.1 Å². The number of amides is 2. The molecule has 5 unspecified atom stereocenters. The zero-order chi connectivity index (χ0) is 32.5. The number of nitrogens with one attached hydrogen (secondary N) is 2. The van der Waals surface area contributed by atoms with Crippen molar-refractivity contribution in [2.45, 2.75) is 83.4 Å². The minimum Gasteiger partial charge on any atom is -0.446 e. The van der Waals surface area contributed by atoms with Crippen LogP contribution < -0.4 is 10.6 Å². The van der Waals surface area contributed by atoms with E-state index < -0.39 is 33.6 Å². The fourth-order valence-corrected chi connectivity index (χ4v) is 8.41. The molecule has 5 atom stereocenters. The lowest BCUT2D eigenvalue weighted by molar-refractivity contribution is -0.128. The van der Waals surface area contributed by atoms with E-state index in [9.17, 15) is 23.1 Å². The van der Waals surface area contributed by atoms with Gasteiger partial charge in [-0.1, -0.05) is 68.8 Å². The molecule has 2 bridgehead atoms. The number of pyridine rings is 1. The van der Waals surface area contributed by atoms with Gasteiger partial charge in [0, 0.05) is 22.9 Å². The summed E-state index contributed by atoms with van der Waals surface area (Å²) in [5, 5.41) is 17.4. The number of ether oxygens (including phenoxy) is 1. The average molecular weight is 663 g/mol. The van der Waals surface area contributed by atoms with Crippen LogP contribution in [0.2, 0.25) is 0 Å². The van der Waals surface area contributed by atoms with Crippen molar-refractivity contribution in [3.8, 4) is 0 Å². The molecule has 2 saturated carbocycles. The van der Waals surface area contributed by atoms with Crippen molar-refractivity contribution in [1.29, 1.82) is 0 Å².